The van der Waals surface area contributed by atoms with Gasteiger partial charge >= 0.3 is 0 Å². The predicted octanol–water partition coefficient (Wildman–Crippen LogP) is 4.82. The minimum Gasteiger partial charge on any atom is -0.493 e. The zero-order chi connectivity index (χ0) is 17.1. The molecule has 0 bridgehead atoms. The molecular formula is C21H18N2O2. The van der Waals surface area contributed by atoms with Gasteiger partial charge in [0, 0.05) is 23.3 Å². The number of fused-ring (bicyclic) bond motifs is 1. The van der Waals surface area contributed by atoms with Crippen LogP contribution in [0.2, 0.25) is 0 Å². The van der Waals surface area contributed by atoms with Gasteiger partial charge in [0.25, 0.3) is 0 Å². The van der Waals surface area contributed by atoms with Crippen molar-refractivity contribution in [3.8, 4) is 22.6 Å². The third-order valence-corrected chi connectivity index (χ3v) is 4.16. The first kappa shape index (κ1) is 15.3. The van der Waals surface area contributed by atoms with Crippen molar-refractivity contribution in [3.63, 3.8) is 0 Å². The zero-order valence-electron chi connectivity index (χ0n) is 13.9. The van der Waals surface area contributed by atoms with E-state index in [1.165, 1.54) is 0 Å². The number of ether oxygens (including phenoxy) is 2. The van der Waals surface area contributed by atoms with E-state index in [0.717, 1.165) is 39.2 Å². The number of aromatic amines is 1. The van der Waals surface area contributed by atoms with Gasteiger partial charge in [-0.05, 0) is 35.4 Å². The van der Waals surface area contributed by atoms with Crippen LogP contribution in [0.4, 0.5) is 0 Å². The van der Waals surface area contributed by atoms with Crippen LogP contribution >= 0.6 is 0 Å². The summed E-state index contributed by atoms with van der Waals surface area (Å²) >= 11 is 0. The predicted molar refractivity (Wildman–Crippen MR) is 98.9 cm³/mol. The molecule has 0 radical (unpaired) electrons. The highest BCUT2D eigenvalue weighted by molar-refractivity contribution is 5.93. The van der Waals surface area contributed by atoms with Crippen LogP contribution in [0.15, 0.2) is 73.1 Å². The molecule has 0 spiro atoms. The number of methoxy groups -OCH3 is 1. The van der Waals surface area contributed by atoms with Crippen LogP contribution in [0.5, 0.6) is 11.5 Å². The number of pyridine rings is 1. The molecule has 1 N–H and O–H groups in total. The first-order chi connectivity index (χ1) is 12.3. The Balaban J connectivity index is 1.68. The number of nitrogens with zero attached hydrogens (tertiary/aromatic N) is 1. The van der Waals surface area contributed by atoms with Crippen molar-refractivity contribution in [1.29, 1.82) is 0 Å². The molecule has 124 valence electrons. The molecule has 4 heteroatoms. The van der Waals surface area contributed by atoms with E-state index in [4.69, 9.17) is 9.47 Å². The second-order valence-electron chi connectivity index (χ2n) is 5.74. The van der Waals surface area contributed by atoms with Crippen molar-refractivity contribution in [1.82, 2.24) is 9.97 Å². The molecule has 4 aromatic rings. The summed E-state index contributed by atoms with van der Waals surface area (Å²) < 4.78 is 11.5. The van der Waals surface area contributed by atoms with Gasteiger partial charge in [0.1, 0.15) is 12.3 Å². The van der Waals surface area contributed by atoms with E-state index in [0.29, 0.717) is 6.61 Å². The first-order valence-corrected chi connectivity index (χ1v) is 8.12. The Morgan fingerprint density at radius 3 is 2.68 bits per heavy atom. The van der Waals surface area contributed by atoms with E-state index in [9.17, 15) is 0 Å². The van der Waals surface area contributed by atoms with Crippen molar-refractivity contribution in [2.75, 3.05) is 7.11 Å². The van der Waals surface area contributed by atoms with Crippen molar-refractivity contribution in [2.45, 2.75) is 6.61 Å². The first-order valence-electron chi connectivity index (χ1n) is 8.12. The molecule has 0 amide bonds. The third-order valence-electron chi connectivity index (χ3n) is 4.16. The molecule has 4 rings (SSSR count). The molecule has 2 aromatic carbocycles. The Morgan fingerprint density at radius 1 is 0.960 bits per heavy atom. The lowest BCUT2D eigenvalue weighted by Crippen LogP contribution is -1.97. The van der Waals surface area contributed by atoms with Gasteiger partial charge in [0.2, 0.25) is 0 Å². The van der Waals surface area contributed by atoms with Crippen LogP contribution in [-0.2, 0) is 6.61 Å². The van der Waals surface area contributed by atoms with E-state index in [2.05, 4.69) is 16.0 Å². The maximum Gasteiger partial charge on any atom is 0.162 e. The van der Waals surface area contributed by atoms with Crippen LogP contribution in [0.3, 0.4) is 0 Å². The van der Waals surface area contributed by atoms with Crippen molar-refractivity contribution in [2.24, 2.45) is 0 Å². The molecule has 2 heterocycles. The summed E-state index contributed by atoms with van der Waals surface area (Å²) in [6.45, 7) is 0.496. The van der Waals surface area contributed by atoms with Gasteiger partial charge in [0.05, 0.1) is 7.11 Å². The summed E-state index contributed by atoms with van der Waals surface area (Å²) in [6.07, 6.45) is 3.76. The van der Waals surface area contributed by atoms with E-state index in [-0.39, 0.29) is 0 Å². The summed E-state index contributed by atoms with van der Waals surface area (Å²) in [5, 5.41) is 1.08. The molecule has 0 saturated carbocycles. The van der Waals surface area contributed by atoms with Gasteiger partial charge in [0.15, 0.2) is 11.5 Å². The quantitative estimate of drug-likeness (QED) is 0.571. The van der Waals surface area contributed by atoms with E-state index in [1.54, 1.807) is 13.3 Å². The van der Waals surface area contributed by atoms with E-state index < -0.39 is 0 Å². The summed E-state index contributed by atoms with van der Waals surface area (Å²) in [5.41, 5.74) is 4.14. The van der Waals surface area contributed by atoms with Crippen molar-refractivity contribution >= 4 is 11.0 Å². The fourth-order valence-electron chi connectivity index (χ4n) is 2.89. The molecule has 4 nitrogen and oxygen atoms in total. The second-order valence-corrected chi connectivity index (χ2v) is 5.74. The lowest BCUT2D eigenvalue weighted by molar-refractivity contribution is 0.284. The topological polar surface area (TPSA) is 47.1 Å². The monoisotopic (exact) mass is 330 g/mol. The molecule has 0 aliphatic carbocycles. The highest BCUT2D eigenvalue weighted by Gasteiger charge is 2.11. The van der Waals surface area contributed by atoms with Crippen molar-refractivity contribution < 1.29 is 9.47 Å². The van der Waals surface area contributed by atoms with Gasteiger partial charge in [-0.2, -0.15) is 0 Å². The van der Waals surface area contributed by atoms with E-state index in [1.807, 2.05) is 60.8 Å². The Kier molecular flexibility index (Phi) is 4.09. The van der Waals surface area contributed by atoms with Gasteiger partial charge in [-0.1, -0.05) is 36.4 Å². The molecule has 0 aliphatic rings. The average Bonchev–Trinajstić information content (AvgIpc) is 3.11. The second kappa shape index (κ2) is 6.69. The molecule has 2 aromatic heterocycles. The molecule has 0 unspecified atom stereocenters. The number of hydrogen-bond acceptors (Lipinski definition) is 3. The normalized spacial score (nSPS) is 10.8. The molecule has 0 aliphatic heterocycles. The minimum absolute atomic E-state index is 0.496. The van der Waals surface area contributed by atoms with Gasteiger partial charge in [-0.15, -0.1) is 0 Å². The largest absolute Gasteiger partial charge is 0.493 e. The zero-order valence-corrected chi connectivity index (χ0v) is 13.9. The summed E-state index contributed by atoms with van der Waals surface area (Å²) in [5.74, 6) is 1.44. The van der Waals surface area contributed by atoms with Crippen LogP contribution in [0.25, 0.3) is 22.2 Å². The highest BCUT2D eigenvalue weighted by atomic mass is 16.5. The number of rotatable bonds is 5. The average molecular weight is 330 g/mol. The smallest absolute Gasteiger partial charge is 0.162 e. The Labute approximate surface area is 146 Å². The number of hydrogen-bond donors (Lipinski definition) is 1. The third kappa shape index (κ3) is 3.06. The number of H-pyrrole nitrogens is 1. The SMILES string of the molecule is COc1ccc(-c2c[nH]c3ncccc23)cc1OCc1ccccc1. The fourth-order valence-corrected chi connectivity index (χ4v) is 2.89. The molecular weight excluding hydrogens is 312 g/mol. The van der Waals surface area contributed by atoms with E-state index >= 15 is 0 Å². The van der Waals surface area contributed by atoms with Crippen LogP contribution in [0.1, 0.15) is 5.56 Å². The number of nitrogens with one attached hydrogen (secondary N) is 1. The molecule has 0 atom stereocenters. The fraction of sp³-hybridized carbons (Fsp3) is 0.0952. The molecule has 25 heavy (non-hydrogen) atoms. The van der Waals surface area contributed by atoms with Gasteiger partial charge in [-0.3, -0.25) is 0 Å². The lowest BCUT2D eigenvalue weighted by atomic mass is 10.1. The Morgan fingerprint density at radius 2 is 1.84 bits per heavy atom. The number of aromatic nitrogens is 2. The standard InChI is InChI=1S/C21H18N2O2/c1-24-19-10-9-16(18-13-23-21-17(18)8-5-11-22-21)12-20(19)25-14-15-6-3-2-4-7-15/h2-13H,14H2,1H3,(H,22,23). The van der Waals surface area contributed by atoms with Gasteiger partial charge < -0.3 is 14.5 Å². The summed E-state index contributed by atoms with van der Waals surface area (Å²) in [7, 11) is 1.65. The van der Waals surface area contributed by atoms with Gasteiger partial charge in [-0.25, -0.2) is 4.98 Å². The summed E-state index contributed by atoms with van der Waals surface area (Å²) in [6, 6.07) is 20.1. The molecule has 0 saturated heterocycles. The maximum atomic E-state index is 6.01. The Hall–Kier alpha value is -3.27. The van der Waals surface area contributed by atoms with Crippen LogP contribution in [-0.4, -0.2) is 17.1 Å². The number of benzene rings is 2. The van der Waals surface area contributed by atoms with Crippen LogP contribution in [0, 0.1) is 0 Å². The van der Waals surface area contributed by atoms with Crippen LogP contribution < -0.4 is 9.47 Å². The highest BCUT2D eigenvalue weighted by Crippen LogP contribution is 2.35. The lowest BCUT2D eigenvalue weighted by Gasteiger charge is -2.12. The maximum absolute atomic E-state index is 6.01. The summed E-state index contributed by atoms with van der Waals surface area (Å²) in [4.78, 5) is 7.56. The van der Waals surface area contributed by atoms with Crippen molar-refractivity contribution in [3.05, 3.63) is 78.6 Å². The Bertz CT molecular complexity index is 993. The minimum atomic E-state index is 0.496. The molecule has 0 fully saturated rings.